The number of nitrogens with zero attached hydrogens (tertiary/aromatic N) is 1. The molecule has 0 amide bonds. The minimum atomic E-state index is -4.07. The normalized spacial score (nSPS) is 11.4. The molecule has 1 N–H and O–H groups in total. The molecule has 0 aliphatic rings. The van der Waals surface area contributed by atoms with Crippen LogP contribution >= 0.6 is 0 Å². The van der Waals surface area contributed by atoms with Gasteiger partial charge in [0.1, 0.15) is 11.5 Å². The Morgan fingerprint density at radius 2 is 1.60 bits per heavy atom. The highest BCUT2D eigenvalue weighted by molar-refractivity contribution is 7.93. The number of aromatic nitrogens is 1. The summed E-state index contributed by atoms with van der Waals surface area (Å²) in [4.78, 5) is -0.109. The molecule has 7 nitrogen and oxygen atoms in total. The van der Waals surface area contributed by atoms with Gasteiger partial charge in [-0.1, -0.05) is 41.6 Å². The van der Waals surface area contributed by atoms with Crippen LogP contribution < -0.4 is 14.2 Å². The fourth-order valence-electron chi connectivity index (χ4n) is 3.35. The van der Waals surface area contributed by atoms with E-state index in [0.717, 1.165) is 16.7 Å². The van der Waals surface area contributed by atoms with E-state index in [1.165, 1.54) is 14.2 Å². The molecule has 0 aliphatic carbocycles. The van der Waals surface area contributed by atoms with Gasteiger partial charge in [0.2, 0.25) is 0 Å². The van der Waals surface area contributed by atoms with Gasteiger partial charge in [0, 0.05) is 5.56 Å². The minimum Gasteiger partial charge on any atom is -0.495 e. The standard InChI is InChI=1S/C22H20N2O5S/c1-14-12-16(15-8-5-4-6-9-15)20-17(13-14)22(23-29-20)24-30(25,26)21-18(27-2)10-7-11-19(21)28-3/h4-13H,1-3H3,(H,23,24). The van der Waals surface area contributed by atoms with Crippen LogP contribution in [0.3, 0.4) is 0 Å². The zero-order valence-corrected chi connectivity index (χ0v) is 17.5. The molecule has 4 aromatic rings. The summed E-state index contributed by atoms with van der Waals surface area (Å²) in [5, 5.41) is 4.56. The molecule has 0 unspecified atom stereocenters. The third-order valence-electron chi connectivity index (χ3n) is 4.68. The third-order valence-corrected chi connectivity index (χ3v) is 6.09. The van der Waals surface area contributed by atoms with E-state index in [2.05, 4.69) is 9.88 Å². The minimum absolute atomic E-state index is 0.0961. The average Bonchev–Trinajstić information content (AvgIpc) is 3.14. The number of aryl methyl sites for hydroxylation is 1. The Kier molecular flexibility index (Phi) is 5.09. The molecule has 4 rings (SSSR count). The maximum Gasteiger partial charge on any atom is 0.270 e. The van der Waals surface area contributed by atoms with Crippen molar-refractivity contribution in [2.75, 3.05) is 18.9 Å². The first-order valence-electron chi connectivity index (χ1n) is 9.14. The van der Waals surface area contributed by atoms with Crippen molar-refractivity contribution in [3.63, 3.8) is 0 Å². The SMILES string of the molecule is COc1cccc(OC)c1S(=O)(=O)Nc1noc2c(-c3ccccc3)cc(C)cc12. The number of nitrogens with one attached hydrogen (secondary N) is 1. The Bertz CT molecular complexity index is 1290. The van der Waals surface area contributed by atoms with Crippen molar-refractivity contribution < 1.29 is 22.4 Å². The molecule has 3 aromatic carbocycles. The largest absolute Gasteiger partial charge is 0.495 e. The summed E-state index contributed by atoms with van der Waals surface area (Å²) < 4.78 is 44.9. The summed E-state index contributed by atoms with van der Waals surface area (Å²) in [5.41, 5.74) is 3.22. The maximum absolute atomic E-state index is 13.2. The van der Waals surface area contributed by atoms with Crippen molar-refractivity contribution in [2.45, 2.75) is 11.8 Å². The zero-order valence-electron chi connectivity index (χ0n) is 16.7. The highest BCUT2D eigenvalue weighted by Crippen LogP contribution is 2.37. The van der Waals surface area contributed by atoms with Gasteiger partial charge in [0.25, 0.3) is 10.0 Å². The van der Waals surface area contributed by atoms with E-state index in [1.807, 2.05) is 49.4 Å². The summed E-state index contributed by atoms with van der Waals surface area (Å²) in [7, 11) is -1.28. The number of fused-ring (bicyclic) bond motifs is 1. The fourth-order valence-corrected chi connectivity index (χ4v) is 4.69. The van der Waals surface area contributed by atoms with E-state index in [4.69, 9.17) is 14.0 Å². The summed E-state index contributed by atoms with van der Waals surface area (Å²) >= 11 is 0. The van der Waals surface area contributed by atoms with Gasteiger partial charge in [-0.25, -0.2) is 8.42 Å². The summed E-state index contributed by atoms with van der Waals surface area (Å²) in [5.74, 6) is 0.422. The van der Waals surface area contributed by atoms with E-state index in [-0.39, 0.29) is 22.2 Å². The van der Waals surface area contributed by atoms with Crippen LogP contribution in [0.5, 0.6) is 11.5 Å². The summed E-state index contributed by atoms with van der Waals surface area (Å²) in [6.07, 6.45) is 0. The highest BCUT2D eigenvalue weighted by atomic mass is 32.2. The second kappa shape index (κ2) is 7.72. The molecule has 0 saturated carbocycles. The Morgan fingerprint density at radius 1 is 0.933 bits per heavy atom. The van der Waals surface area contributed by atoms with Crippen LogP contribution in [0.4, 0.5) is 5.82 Å². The van der Waals surface area contributed by atoms with Gasteiger partial charge in [-0.2, -0.15) is 0 Å². The molecular weight excluding hydrogens is 404 g/mol. The van der Waals surface area contributed by atoms with E-state index >= 15 is 0 Å². The van der Waals surface area contributed by atoms with Gasteiger partial charge >= 0.3 is 0 Å². The number of anilines is 1. The molecule has 1 aromatic heterocycles. The number of ether oxygens (including phenoxy) is 2. The molecule has 8 heteroatoms. The van der Waals surface area contributed by atoms with Crippen LogP contribution in [0.1, 0.15) is 5.56 Å². The first kappa shape index (κ1) is 19.8. The van der Waals surface area contributed by atoms with Gasteiger partial charge in [-0.05, 0) is 42.3 Å². The molecule has 0 aliphatic heterocycles. The molecule has 30 heavy (non-hydrogen) atoms. The predicted molar refractivity (Wildman–Crippen MR) is 115 cm³/mol. The lowest BCUT2D eigenvalue weighted by Crippen LogP contribution is -2.15. The number of hydrogen-bond acceptors (Lipinski definition) is 6. The first-order chi connectivity index (χ1) is 14.4. The second-order valence-corrected chi connectivity index (χ2v) is 8.30. The molecule has 0 fully saturated rings. The monoisotopic (exact) mass is 424 g/mol. The summed E-state index contributed by atoms with van der Waals surface area (Å²) in [6.45, 7) is 1.93. The Balaban J connectivity index is 1.84. The Hall–Kier alpha value is -3.52. The molecule has 1 heterocycles. The van der Waals surface area contributed by atoms with Crippen LogP contribution in [-0.4, -0.2) is 27.8 Å². The quantitative estimate of drug-likeness (QED) is 0.486. The van der Waals surface area contributed by atoms with Gasteiger partial charge in [0.15, 0.2) is 16.3 Å². The number of sulfonamides is 1. The Morgan fingerprint density at radius 3 is 2.23 bits per heavy atom. The van der Waals surface area contributed by atoms with Crippen molar-refractivity contribution in [1.29, 1.82) is 0 Å². The summed E-state index contributed by atoms with van der Waals surface area (Å²) in [6, 6.07) is 18.3. The first-order valence-corrected chi connectivity index (χ1v) is 10.6. The lowest BCUT2D eigenvalue weighted by Gasteiger charge is -2.13. The van der Waals surface area contributed by atoms with Crippen LogP contribution in [0.25, 0.3) is 22.1 Å². The molecule has 0 saturated heterocycles. The molecule has 154 valence electrons. The van der Waals surface area contributed by atoms with Crippen molar-refractivity contribution in [2.24, 2.45) is 0 Å². The van der Waals surface area contributed by atoms with Crippen molar-refractivity contribution in [3.05, 3.63) is 66.2 Å². The number of hydrogen-bond donors (Lipinski definition) is 1. The number of methoxy groups -OCH3 is 2. The molecular formula is C22H20N2O5S. The average molecular weight is 424 g/mol. The highest BCUT2D eigenvalue weighted by Gasteiger charge is 2.27. The third kappa shape index (κ3) is 3.46. The number of rotatable bonds is 6. The van der Waals surface area contributed by atoms with Gasteiger partial charge < -0.3 is 14.0 Å². The van der Waals surface area contributed by atoms with Crippen LogP contribution in [-0.2, 0) is 10.0 Å². The van der Waals surface area contributed by atoms with Crippen molar-refractivity contribution in [3.8, 4) is 22.6 Å². The van der Waals surface area contributed by atoms with Crippen LogP contribution in [0, 0.1) is 6.92 Å². The smallest absolute Gasteiger partial charge is 0.270 e. The van der Waals surface area contributed by atoms with Gasteiger partial charge in [-0.3, -0.25) is 4.72 Å². The van der Waals surface area contributed by atoms with Crippen LogP contribution in [0.15, 0.2) is 70.1 Å². The van der Waals surface area contributed by atoms with Crippen molar-refractivity contribution in [1.82, 2.24) is 5.16 Å². The molecule has 0 radical (unpaired) electrons. The lowest BCUT2D eigenvalue weighted by molar-refractivity contribution is 0.373. The second-order valence-electron chi connectivity index (χ2n) is 6.68. The van der Waals surface area contributed by atoms with Gasteiger partial charge in [0.05, 0.1) is 19.6 Å². The van der Waals surface area contributed by atoms with E-state index < -0.39 is 10.0 Å². The Labute approximate surface area is 174 Å². The van der Waals surface area contributed by atoms with E-state index in [0.29, 0.717) is 11.0 Å². The topological polar surface area (TPSA) is 90.7 Å². The zero-order chi connectivity index (χ0) is 21.3. The molecule has 0 spiro atoms. The molecule has 0 atom stereocenters. The van der Waals surface area contributed by atoms with E-state index in [9.17, 15) is 8.42 Å². The number of benzene rings is 3. The fraction of sp³-hybridized carbons (Fsp3) is 0.136. The molecule has 0 bridgehead atoms. The van der Waals surface area contributed by atoms with E-state index in [1.54, 1.807) is 18.2 Å². The van der Waals surface area contributed by atoms with Gasteiger partial charge in [-0.15, -0.1) is 0 Å². The predicted octanol–water partition coefficient (Wildman–Crippen LogP) is 4.62. The maximum atomic E-state index is 13.2. The van der Waals surface area contributed by atoms with Crippen molar-refractivity contribution >= 4 is 26.8 Å². The lowest BCUT2D eigenvalue weighted by atomic mass is 10.0. The van der Waals surface area contributed by atoms with Crippen LogP contribution in [0.2, 0.25) is 0 Å².